The quantitative estimate of drug-likeness (QED) is 0.798. The average Bonchev–Trinajstić information content (AvgIpc) is 2.77. The molecule has 1 amide bonds. The summed E-state index contributed by atoms with van der Waals surface area (Å²) in [5.41, 5.74) is 3.22. The molecule has 3 heterocycles. The number of anilines is 1. The van der Waals surface area contributed by atoms with Crippen molar-refractivity contribution in [1.82, 2.24) is 14.9 Å². The van der Waals surface area contributed by atoms with Gasteiger partial charge in [0, 0.05) is 43.6 Å². The van der Waals surface area contributed by atoms with Gasteiger partial charge in [0.15, 0.2) is 5.82 Å². The van der Waals surface area contributed by atoms with Gasteiger partial charge in [0.1, 0.15) is 5.82 Å². The summed E-state index contributed by atoms with van der Waals surface area (Å²) in [6.45, 7) is 6.53. The van der Waals surface area contributed by atoms with Crippen molar-refractivity contribution < 1.29 is 9.53 Å². The Hall–Kier alpha value is -2.47. The maximum absolute atomic E-state index is 12.6. The Balaban J connectivity index is 1.69. The van der Waals surface area contributed by atoms with Crippen LogP contribution < -0.4 is 4.90 Å². The second-order valence-electron chi connectivity index (χ2n) is 7.43. The molecule has 4 rings (SSSR count). The molecule has 0 aliphatic carbocycles. The maximum Gasteiger partial charge on any atom is 0.222 e. The molecule has 1 saturated heterocycles. The first-order chi connectivity index (χ1) is 13.8. The minimum atomic E-state index is 0.243. The fourth-order valence-corrected chi connectivity index (χ4v) is 3.85. The number of fused-ring (bicyclic) bond motifs is 1. The van der Waals surface area contributed by atoms with E-state index in [0.717, 1.165) is 67.4 Å². The zero-order valence-corrected chi connectivity index (χ0v) is 16.6. The van der Waals surface area contributed by atoms with Crippen LogP contribution in [0.4, 0.5) is 5.82 Å². The van der Waals surface area contributed by atoms with E-state index in [4.69, 9.17) is 14.7 Å². The lowest BCUT2D eigenvalue weighted by Gasteiger charge is -2.34. The highest BCUT2D eigenvalue weighted by Crippen LogP contribution is 2.30. The van der Waals surface area contributed by atoms with Gasteiger partial charge in [-0.25, -0.2) is 9.97 Å². The van der Waals surface area contributed by atoms with Gasteiger partial charge in [-0.3, -0.25) is 4.79 Å². The summed E-state index contributed by atoms with van der Waals surface area (Å²) in [5.74, 6) is 1.99. The van der Waals surface area contributed by atoms with Gasteiger partial charge in [0.25, 0.3) is 0 Å². The average molecular weight is 380 g/mol. The third-order valence-corrected chi connectivity index (χ3v) is 5.48. The number of carbonyl (C=O) groups excluding carboxylic acids is 1. The van der Waals surface area contributed by atoms with Crippen molar-refractivity contribution in [2.75, 3.05) is 37.7 Å². The second-order valence-corrected chi connectivity index (χ2v) is 7.43. The molecule has 6 heteroatoms. The van der Waals surface area contributed by atoms with Crippen LogP contribution in [-0.2, 0) is 22.5 Å². The van der Waals surface area contributed by atoms with Crippen molar-refractivity contribution in [2.45, 2.75) is 39.2 Å². The largest absolute Gasteiger partial charge is 0.378 e. The molecule has 1 aromatic heterocycles. The lowest BCUT2D eigenvalue weighted by Crippen LogP contribution is -2.41. The van der Waals surface area contributed by atoms with E-state index in [2.05, 4.69) is 11.8 Å². The molecule has 0 spiro atoms. The number of nitrogens with zero attached hydrogens (tertiary/aromatic N) is 4. The van der Waals surface area contributed by atoms with Crippen LogP contribution in [0.25, 0.3) is 11.4 Å². The van der Waals surface area contributed by atoms with E-state index in [1.165, 1.54) is 0 Å². The molecule has 0 saturated carbocycles. The van der Waals surface area contributed by atoms with Crippen LogP contribution in [0.15, 0.2) is 30.3 Å². The van der Waals surface area contributed by atoms with Gasteiger partial charge in [-0.1, -0.05) is 43.7 Å². The Morgan fingerprint density at radius 1 is 1.11 bits per heavy atom. The van der Waals surface area contributed by atoms with Crippen molar-refractivity contribution in [3.63, 3.8) is 0 Å². The third-order valence-electron chi connectivity index (χ3n) is 5.48. The maximum atomic E-state index is 12.6. The predicted octanol–water partition coefficient (Wildman–Crippen LogP) is 3.06. The fraction of sp³-hybridized carbons (Fsp3) is 0.500. The number of aromatic nitrogens is 2. The first-order valence-electron chi connectivity index (χ1n) is 10.3. The number of amides is 1. The van der Waals surface area contributed by atoms with E-state index < -0.39 is 0 Å². The summed E-state index contributed by atoms with van der Waals surface area (Å²) in [6, 6.07) is 10.1. The van der Waals surface area contributed by atoms with Crippen molar-refractivity contribution in [2.24, 2.45) is 0 Å². The number of hydrogen-bond donors (Lipinski definition) is 0. The molecular weight excluding hydrogens is 352 g/mol. The molecular formula is C22H28N4O2. The minimum Gasteiger partial charge on any atom is -0.378 e. The number of hydrogen-bond acceptors (Lipinski definition) is 5. The molecule has 1 fully saturated rings. The molecule has 2 aliphatic rings. The molecule has 0 unspecified atom stereocenters. The van der Waals surface area contributed by atoms with Crippen molar-refractivity contribution in [3.8, 4) is 11.4 Å². The summed E-state index contributed by atoms with van der Waals surface area (Å²) >= 11 is 0. The van der Waals surface area contributed by atoms with Crippen LogP contribution in [0.2, 0.25) is 0 Å². The van der Waals surface area contributed by atoms with Crippen LogP contribution in [0, 0.1) is 0 Å². The summed E-state index contributed by atoms with van der Waals surface area (Å²) in [7, 11) is 0. The van der Waals surface area contributed by atoms with Crippen molar-refractivity contribution in [1.29, 1.82) is 0 Å². The summed E-state index contributed by atoms with van der Waals surface area (Å²) in [4.78, 5) is 26.7. The molecule has 1 aromatic carbocycles. The van der Waals surface area contributed by atoms with Gasteiger partial charge < -0.3 is 14.5 Å². The lowest BCUT2D eigenvalue weighted by atomic mass is 10.0. The summed E-state index contributed by atoms with van der Waals surface area (Å²) < 4.78 is 5.53. The molecule has 0 bridgehead atoms. The van der Waals surface area contributed by atoms with Crippen LogP contribution in [0.5, 0.6) is 0 Å². The monoisotopic (exact) mass is 380 g/mol. The molecule has 0 radical (unpaired) electrons. The van der Waals surface area contributed by atoms with Crippen LogP contribution >= 0.6 is 0 Å². The predicted molar refractivity (Wildman–Crippen MR) is 109 cm³/mol. The second kappa shape index (κ2) is 8.69. The van der Waals surface area contributed by atoms with Crippen LogP contribution in [0.3, 0.4) is 0 Å². The first-order valence-corrected chi connectivity index (χ1v) is 10.3. The van der Waals surface area contributed by atoms with Gasteiger partial charge in [0.2, 0.25) is 5.91 Å². The van der Waals surface area contributed by atoms with Gasteiger partial charge in [-0.05, 0) is 6.42 Å². The first kappa shape index (κ1) is 18.9. The normalized spacial score (nSPS) is 16.8. The van der Waals surface area contributed by atoms with Gasteiger partial charge >= 0.3 is 0 Å². The minimum absolute atomic E-state index is 0.243. The fourth-order valence-electron chi connectivity index (χ4n) is 3.85. The highest BCUT2D eigenvalue weighted by atomic mass is 16.5. The molecule has 0 atom stereocenters. The standard InChI is InChI=1S/C22H28N4O2/c1-2-3-9-20(27)26-11-10-19-18(16-26)22(25-12-14-28-15-13-25)24-21(23-19)17-7-5-4-6-8-17/h4-8H,2-3,9-16H2,1H3. The summed E-state index contributed by atoms with van der Waals surface area (Å²) in [6.07, 6.45) is 3.40. The van der Waals surface area contributed by atoms with Gasteiger partial charge in [-0.2, -0.15) is 0 Å². The summed E-state index contributed by atoms with van der Waals surface area (Å²) in [5, 5.41) is 0. The van der Waals surface area contributed by atoms with Gasteiger partial charge in [-0.15, -0.1) is 0 Å². The third kappa shape index (κ3) is 4.02. The van der Waals surface area contributed by atoms with Crippen molar-refractivity contribution >= 4 is 11.7 Å². The lowest BCUT2D eigenvalue weighted by molar-refractivity contribution is -0.132. The molecule has 6 nitrogen and oxygen atoms in total. The van der Waals surface area contributed by atoms with Gasteiger partial charge in [0.05, 0.1) is 25.5 Å². The number of rotatable bonds is 5. The zero-order valence-electron chi connectivity index (χ0n) is 16.6. The Labute approximate surface area is 166 Å². The topological polar surface area (TPSA) is 58.6 Å². The smallest absolute Gasteiger partial charge is 0.222 e. The highest BCUT2D eigenvalue weighted by molar-refractivity contribution is 5.77. The zero-order chi connectivity index (χ0) is 19.3. The van der Waals surface area contributed by atoms with E-state index in [9.17, 15) is 4.79 Å². The molecule has 2 aliphatic heterocycles. The number of carbonyl (C=O) groups is 1. The van der Waals surface area contributed by atoms with E-state index >= 15 is 0 Å². The number of unbranched alkanes of at least 4 members (excludes halogenated alkanes) is 1. The SMILES string of the molecule is CCCCC(=O)N1CCc2nc(-c3ccccc3)nc(N3CCOCC3)c2C1. The molecule has 28 heavy (non-hydrogen) atoms. The van der Waals surface area contributed by atoms with Crippen molar-refractivity contribution in [3.05, 3.63) is 41.6 Å². The highest BCUT2D eigenvalue weighted by Gasteiger charge is 2.28. The van der Waals surface area contributed by atoms with E-state index in [-0.39, 0.29) is 5.91 Å². The number of morpholine rings is 1. The Bertz CT molecular complexity index is 819. The Morgan fingerprint density at radius 2 is 1.89 bits per heavy atom. The van der Waals surface area contributed by atoms with E-state index in [0.29, 0.717) is 26.2 Å². The Morgan fingerprint density at radius 3 is 2.64 bits per heavy atom. The number of benzene rings is 1. The Kier molecular flexibility index (Phi) is 5.86. The number of ether oxygens (including phenoxy) is 1. The molecule has 148 valence electrons. The molecule has 2 aromatic rings. The van der Waals surface area contributed by atoms with Crippen LogP contribution in [0.1, 0.15) is 37.4 Å². The molecule has 0 N–H and O–H groups in total. The van der Waals surface area contributed by atoms with Crippen LogP contribution in [-0.4, -0.2) is 53.6 Å². The van der Waals surface area contributed by atoms with E-state index in [1.807, 2.05) is 35.2 Å². The van der Waals surface area contributed by atoms with E-state index in [1.54, 1.807) is 0 Å².